The van der Waals surface area contributed by atoms with Gasteiger partial charge in [-0.3, -0.25) is 4.79 Å². The molecule has 59 heavy (non-hydrogen) atoms. The van der Waals surface area contributed by atoms with Crippen molar-refractivity contribution >= 4 is 15.8 Å². The number of nitrogens with one attached hydrogen (secondary N) is 1. The first-order valence-corrected chi connectivity index (χ1v) is 25.2. The Hall–Kier alpha value is -2.49. The molecule has 0 bridgehead atoms. The Balaban J connectivity index is 1.01. The smallest absolute Gasteiger partial charge is 0.315 e. The van der Waals surface area contributed by atoms with E-state index in [0.29, 0.717) is 79.5 Å². The minimum Gasteiger partial charge on any atom is -0.476 e. The maximum absolute atomic E-state index is 13.5. The van der Waals surface area contributed by atoms with Gasteiger partial charge in [-0.25, -0.2) is 13.4 Å². The number of nitrogens with zero attached hydrogens (tertiary/aromatic N) is 2. The highest BCUT2D eigenvalue weighted by molar-refractivity contribution is 7.91. The number of aromatic nitrogens is 1. The molecule has 1 aliphatic heterocycles. The number of rotatable bonds is 11. The Kier molecular flexibility index (Phi) is 11.5. The molecule has 4 unspecified atom stereocenters. The number of esters is 1. The zero-order chi connectivity index (χ0) is 42.1. The third-order valence-corrected chi connectivity index (χ3v) is 20.4. The molecule has 0 amide bonds. The average Bonchev–Trinajstić information content (AvgIpc) is 3.59. The number of hydrogen-bond acceptors (Lipinski definition) is 8. The molecule has 0 aromatic carbocycles. The standard InChI is InChI=1S/C50H75N3O5S/c1-9-57-44(54)49(34-58-42-12-10-11-27-51-42)22-15-36(16-23-49)38-18-20-46(6)40(45(38,4)5)19-21-48(8)41(46)14-13-39-43-37(35(2)3)17-24-50(43,26-25-47(39,48)7)52-28-29-53-30-32-59(55,56)33-31-53/h10-12,15,18,27,37,39-41,43,52H,2,9,13-14,16-17,19-26,28-34H2,1,3-8H3/t37?,39-,40?,41?,43?,46+,47-,48-,49+,50+/m1/s1. The summed E-state index contributed by atoms with van der Waals surface area (Å²) >= 11 is 0. The Morgan fingerprint density at radius 3 is 2.39 bits per heavy atom. The van der Waals surface area contributed by atoms with Crippen molar-refractivity contribution in [3.05, 3.63) is 59.8 Å². The fraction of sp³-hybridized carbons (Fsp3) is 0.760. The van der Waals surface area contributed by atoms with Crippen molar-refractivity contribution in [3.8, 4) is 5.88 Å². The van der Waals surface area contributed by atoms with Crippen LogP contribution in [0.2, 0.25) is 0 Å². The van der Waals surface area contributed by atoms with Crippen LogP contribution < -0.4 is 10.1 Å². The first-order valence-electron chi connectivity index (χ1n) is 23.4. The molecule has 8 rings (SSSR count). The molecule has 1 saturated heterocycles. The van der Waals surface area contributed by atoms with Crippen LogP contribution in [0.15, 0.2) is 59.8 Å². The SMILES string of the molecule is C=C(C)C1CC[C@]2(NCCN3CCS(=O)(=O)CC3)CC[C@]3(C)[C@H](CCC4[C@@]5(C)CC=C(C6=CC[C@](COc7ccccn7)(C(=O)OCC)CC6)C(C)(C)C5CC[C@]43C)C12. The van der Waals surface area contributed by atoms with Gasteiger partial charge in [0.15, 0.2) is 9.84 Å². The summed E-state index contributed by atoms with van der Waals surface area (Å²) in [5, 5.41) is 4.24. The van der Waals surface area contributed by atoms with Gasteiger partial charge in [0.05, 0.1) is 18.1 Å². The maximum atomic E-state index is 13.5. The molecular formula is C50H75N3O5S. The highest BCUT2D eigenvalue weighted by Gasteiger charge is 2.70. The largest absolute Gasteiger partial charge is 0.476 e. The molecule has 8 nitrogen and oxygen atoms in total. The maximum Gasteiger partial charge on any atom is 0.315 e. The second-order valence-electron chi connectivity index (χ2n) is 21.7. The van der Waals surface area contributed by atoms with Crippen molar-refractivity contribution in [1.29, 1.82) is 0 Å². The van der Waals surface area contributed by atoms with E-state index in [-0.39, 0.29) is 39.8 Å². The minimum absolute atomic E-state index is 0.0347. The normalized spacial score (nSPS) is 41.2. The monoisotopic (exact) mass is 830 g/mol. The summed E-state index contributed by atoms with van der Waals surface area (Å²) in [6.45, 7) is 25.9. The number of ether oxygens (including phenoxy) is 2. The second-order valence-corrected chi connectivity index (χ2v) is 24.0. The summed E-state index contributed by atoms with van der Waals surface area (Å²) < 4.78 is 36.0. The summed E-state index contributed by atoms with van der Waals surface area (Å²) in [5.41, 5.74) is 4.55. The lowest BCUT2D eigenvalue weighted by Gasteiger charge is -2.72. The van der Waals surface area contributed by atoms with Crippen LogP contribution in [-0.2, 0) is 19.4 Å². The zero-order valence-corrected chi connectivity index (χ0v) is 38.4. The van der Waals surface area contributed by atoms with Gasteiger partial charge < -0.3 is 19.7 Å². The lowest BCUT2D eigenvalue weighted by molar-refractivity contribution is -0.221. The van der Waals surface area contributed by atoms with Gasteiger partial charge in [-0.2, -0.15) is 0 Å². The molecule has 1 aromatic rings. The zero-order valence-electron chi connectivity index (χ0n) is 37.5. The highest BCUT2D eigenvalue weighted by atomic mass is 32.2. The summed E-state index contributed by atoms with van der Waals surface area (Å²) in [6.07, 6.45) is 20.2. The first-order chi connectivity index (χ1) is 27.9. The molecule has 4 saturated carbocycles. The van der Waals surface area contributed by atoms with E-state index in [2.05, 4.69) is 75.5 Å². The van der Waals surface area contributed by atoms with Crippen molar-refractivity contribution in [3.63, 3.8) is 0 Å². The molecule has 7 aliphatic rings. The van der Waals surface area contributed by atoms with Crippen molar-refractivity contribution < 1.29 is 22.7 Å². The van der Waals surface area contributed by atoms with Crippen LogP contribution in [-0.4, -0.2) is 80.7 Å². The number of hydrogen-bond donors (Lipinski definition) is 1. The van der Waals surface area contributed by atoms with Crippen molar-refractivity contribution in [2.45, 2.75) is 131 Å². The summed E-state index contributed by atoms with van der Waals surface area (Å²) in [4.78, 5) is 20.2. The number of allylic oxidation sites excluding steroid dienone is 5. The molecule has 6 aliphatic carbocycles. The van der Waals surface area contributed by atoms with Crippen molar-refractivity contribution in [2.24, 2.45) is 56.7 Å². The minimum atomic E-state index is -2.87. The van der Waals surface area contributed by atoms with E-state index >= 15 is 0 Å². The van der Waals surface area contributed by atoms with Crippen LogP contribution in [0.4, 0.5) is 0 Å². The fourth-order valence-electron chi connectivity index (χ4n) is 15.5. The van der Waals surface area contributed by atoms with Gasteiger partial charge in [-0.05, 0) is 159 Å². The van der Waals surface area contributed by atoms with Crippen molar-refractivity contribution in [2.75, 3.05) is 50.9 Å². The predicted octanol–water partition coefficient (Wildman–Crippen LogP) is 9.39. The van der Waals surface area contributed by atoms with Crippen LogP contribution in [0, 0.1) is 56.7 Å². The van der Waals surface area contributed by atoms with Gasteiger partial charge in [-0.15, -0.1) is 0 Å². The number of fused-ring (bicyclic) bond motifs is 7. The van der Waals surface area contributed by atoms with E-state index in [9.17, 15) is 13.2 Å². The van der Waals surface area contributed by atoms with Crippen LogP contribution >= 0.6 is 0 Å². The third kappa shape index (κ3) is 7.21. The number of pyridine rings is 1. The fourth-order valence-corrected chi connectivity index (χ4v) is 16.8. The molecule has 9 heteroatoms. The van der Waals surface area contributed by atoms with E-state index in [1.165, 1.54) is 68.1 Å². The number of carbonyl (C=O) groups excluding carboxylic acids is 1. The van der Waals surface area contributed by atoms with Gasteiger partial charge in [-0.1, -0.05) is 65.0 Å². The molecule has 0 radical (unpaired) electrons. The molecule has 1 N–H and O–H groups in total. The molecule has 326 valence electrons. The third-order valence-electron chi connectivity index (χ3n) is 18.8. The van der Waals surface area contributed by atoms with Gasteiger partial charge in [0.1, 0.15) is 12.0 Å². The first kappa shape index (κ1) is 43.2. The molecule has 1 aromatic heterocycles. The van der Waals surface area contributed by atoms with E-state index in [1.807, 2.05) is 25.1 Å². The van der Waals surface area contributed by atoms with Gasteiger partial charge in [0.25, 0.3) is 0 Å². The van der Waals surface area contributed by atoms with Gasteiger partial charge >= 0.3 is 5.97 Å². The van der Waals surface area contributed by atoms with Crippen LogP contribution in [0.5, 0.6) is 5.88 Å². The Morgan fingerprint density at radius 2 is 1.71 bits per heavy atom. The summed E-state index contributed by atoms with van der Waals surface area (Å²) in [7, 11) is -2.87. The highest BCUT2D eigenvalue weighted by Crippen LogP contribution is 2.76. The average molecular weight is 830 g/mol. The van der Waals surface area contributed by atoms with Gasteiger partial charge in [0, 0.05) is 44.0 Å². The number of carbonyl (C=O) groups is 1. The molecule has 2 heterocycles. The van der Waals surface area contributed by atoms with E-state index in [0.717, 1.165) is 25.9 Å². The number of sulfone groups is 1. The Labute approximate surface area is 356 Å². The van der Waals surface area contributed by atoms with Gasteiger partial charge in [0.2, 0.25) is 5.88 Å². The molecule has 5 fully saturated rings. The molecule has 10 atom stereocenters. The van der Waals surface area contributed by atoms with Crippen LogP contribution in [0.3, 0.4) is 0 Å². The quantitative estimate of drug-likeness (QED) is 0.174. The Morgan fingerprint density at radius 1 is 0.932 bits per heavy atom. The van der Waals surface area contributed by atoms with E-state index in [1.54, 1.807) is 6.20 Å². The predicted molar refractivity (Wildman–Crippen MR) is 237 cm³/mol. The van der Waals surface area contributed by atoms with E-state index < -0.39 is 15.3 Å². The summed E-state index contributed by atoms with van der Waals surface area (Å²) in [5.74, 6) is 4.09. The summed E-state index contributed by atoms with van der Waals surface area (Å²) in [6, 6.07) is 5.63. The van der Waals surface area contributed by atoms with E-state index in [4.69, 9.17) is 9.47 Å². The lowest BCUT2D eigenvalue weighted by Crippen LogP contribution is -2.68. The van der Waals surface area contributed by atoms with Crippen molar-refractivity contribution in [1.82, 2.24) is 15.2 Å². The second kappa shape index (κ2) is 15.7. The molecule has 0 spiro atoms. The topological polar surface area (TPSA) is 97.8 Å². The molecular weight excluding hydrogens is 755 g/mol. The lowest BCUT2D eigenvalue weighted by atomic mass is 9.33. The van der Waals surface area contributed by atoms with Crippen LogP contribution in [0.25, 0.3) is 0 Å². The Bertz CT molecular complexity index is 1930. The van der Waals surface area contributed by atoms with Crippen LogP contribution in [0.1, 0.15) is 126 Å².